The Hall–Kier alpha value is -1.35. The zero-order chi connectivity index (χ0) is 13.3. The molecule has 3 nitrogen and oxygen atoms in total. The molecule has 19 heavy (non-hydrogen) atoms. The molecule has 1 aromatic rings. The number of Topliss-reactive ketones (excluding diaryl/α,β-unsaturated/α-hetero) is 1. The first-order valence-corrected chi connectivity index (χ1v) is 7.22. The van der Waals surface area contributed by atoms with Crippen LogP contribution in [0.5, 0.6) is 0 Å². The highest BCUT2D eigenvalue weighted by Gasteiger charge is 2.41. The zero-order valence-corrected chi connectivity index (χ0v) is 11.2. The summed E-state index contributed by atoms with van der Waals surface area (Å²) in [5.74, 6) is 0.343. The molecule has 3 rings (SSSR count). The molecule has 102 valence electrons. The summed E-state index contributed by atoms with van der Waals surface area (Å²) < 4.78 is 5.99. The van der Waals surface area contributed by atoms with Crippen LogP contribution in [-0.4, -0.2) is 18.0 Å². The lowest BCUT2D eigenvalue weighted by Gasteiger charge is -2.37. The van der Waals surface area contributed by atoms with E-state index in [1.165, 1.54) is 12.8 Å². The average Bonchev–Trinajstić information content (AvgIpc) is 2.86. The molecule has 0 radical (unpaired) electrons. The van der Waals surface area contributed by atoms with Gasteiger partial charge in [0.15, 0.2) is 5.78 Å². The van der Waals surface area contributed by atoms with E-state index in [1.807, 2.05) is 18.2 Å². The van der Waals surface area contributed by atoms with Crippen LogP contribution in [0.15, 0.2) is 24.3 Å². The van der Waals surface area contributed by atoms with E-state index in [-0.39, 0.29) is 17.3 Å². The highest BCUT2D eigenvalue weighted by molar-refractivity contribution is 5.98. The van der Waals surface area contributed by atoms with Gasteiger partial charge in [-0.05, 0) is 37.8 Å². The van der Waals surface area contributed by atoms with Crippen molar-refractivity contribution in [2.24, 2.45) is 5.92 Å². The van der Waals surface area contributed by atoms with E-state index < -0.39 is 0 Å². The Morgan fingerprint density at radius 3 is 2.84 bits per heavy atom. The number of benzene rings is 1. The van der Waals surface area contributed by atoms with E-state index >= 15 is 0 Å². The molecule has 1 aliphatic carbocycles. The molecule has 1 saturated carbocycles. The van der Waals surface area contributed by atoms with Crippen molar-refractivity contribution in [3.63, 3.8) is 0 Å². The molecular weight excluding hydrogens is 238 g/mol. The van der Waals surface area contributed by atoms with Crippen molar-refractivity contribution >= 4 is 11.5 Å². The smallest absolute Gasteiger partial charge is 0.166 e. The number of nitrogen functional groups attached to an aromatic ring is 1. The molecule has 1 spiro atoms. The average molecular weight is 259 g/mol. The summed E-state index contributed by atoms with van der Waals surface area (Å²) in [4.78, 5) is 12.6. The zero-order valence-electron chi connectivity index (χ0n) is 11.2. The van der Waals surface area contributed by atoms with Crippen molar-refractivity contribution in [2.45, 2.75) is 44.1 Å². The second-order valence-electron chi connectivity index (χ2n) is 5.92. The number of rotatable bonds is 2. The van der Waals surface area contributed by atoms with E-state index in [9.17, 15) is 4.79 Å². The van der Waals surface area contributed by atoms with Crippen LogP contribution in [-0.2, 0) is 4.74 Å². The Kier molecular flexibility index (Phi) is 3.31. The van der Waals surface area contributed by atoms with Gasteiger partial charge in [0.25, 0.3) is 0 Å². The van der Waals surface area contributed by atoms with Crippen LogP contribution in [0.2, 0.25) is 0 Å². The predicted octanol–water partition coefficient (Wildman–Crippen LogP) is 3.19. The first kappa shape index (κ1) is 12.7. The van der Waals surface area contributed by atoms with Crippen LogP contribution < -0.4 is 5.73 Å². The SMILES string of the molecule is Nc1cccc(C(=O)C2CCOC3(CCCC3)C2)c1. The second kappa shape index (κ2) is 4.97. The van der Waals surface area contributed by atoms with Gasteiger partial charge in [-0.25, -0.2) is 0 Å². The maximum absolute atomic E-state index is 12.6. The second-order valence-corrected chi connectivity index (χ2v) is 5.92. The van der Waals surface area contributed by atoms with Crippen molar-refractivity contribution < 1.29 is 9.53 Å². The number of carbonyl (C=O) groups excluding carboxylic acids is 1. The molecule has 1 aliphatic heterocycles. The summed E-state index contributed by atoms with van der Waals surface area (Å²) in [6, 6.07) is 7.33. The molecule has 0 aromatic heterocycles. The van der Waals surface area contributed by atoms with Crippen LogP contribution in [0, 0.1) is 5.92 Å². The number of anilines is 1. The highest BCUT2D eigenvalue weighted by atomic mass is 16.5. The summed E-state index contributed by atoms with van der Waals surface area (Å²) in [7, 11) is 0. The van der Waals surface area contributed by atoms with Crippen LogP contribution in [0.25, 0.3) is 0 Å². The third-order valence-corrected chi connectivity index (χ3v) is 4.55. The molecule has 1 saturated heterocycles. The predicted molar refractivity (Wildman–Crippen MR) is 75.1 cm³/mol. The largest absolute Gasteiger partial charge is 0.399 e. The van der Waals surface area contributed by atoms with Gasteiger partial charge in [-0.1, -0.05) is 25.0 Å². The van der Waals surface area contributed by atoms with Crippen molar-refractivity contribution in [3.8, 4) is 0 Å². The van der Waals surface area contributed by atoms with Crippen LogP contribution in [0.4, 0.5) is 5.69 Å². The molecule has 2 N–H and O–H groups in total. The van der Waals surface area contributed by atoms with Gasteiger partial charge in [0.05, 0.1) is 5.60 Å². The maximum atomic E-state index is 12.6. The molecule has 2 fully saturated rings. The molecule has 1 heterocycles. The third kappa shape index (κ3) is 2.52. The van der Waals surface area contributed by atoms with Crippen LogP contribution in [0.3, 0.4) is 0 Å². The number of hydrogen-bond acceptors (Lipinski definition) is 3. The third-order valence-electron chi connectivity index (χ3n) is 4.55. The fourth-order valence-electron chi connectivity index (χ4n) is 3.55. The van der Waals surface area contributed by atoms with Crippen LogP contribution in [0.1, 0.15) is 48.9 Å². The minimum absolute atomic E-state index is 0.00109. The topological polar surface area (TPSA) is 52.3 Å². The van der Waals surface area contributed by atoms with Crippen molar-refractivity contribution in [1.29, 1.82) is 0 Å². The Balaban J connectivity index is 1.76. The summed E-state index contributed by atoms with van der Waals surface area (Å²) in [5.41, 5.74) is 7.17. The first-order chi connectivity index (χ1) is 9.19. The molecule has 3 heteroatoms. The Labute approximate surface area is 114 Å². The molecule has 0 amide bonds. The standard InChI is InChI=1S/C16H21NO2/c17-14-5-3-4-12(10-14)15(18)13-6-9-19-16(11-13)7-1-2-8-16/h3-5,10,13H,1-2,6-9,11,17H2. The van der Waals surface area contributed by atoms with Crippen molar-refractivity contribution in [3.05, 3.63) is 29.8 Å². The van der Waals surface area contributed by atoms with Gasteiger partial charge in [-0.15, -0.1) is 0 Å². The Morgan fingerprint density at radius 2 is 2.11 bits per heavy atom. The van der Waals surface area contributed by atoms with E-state index in [1.54, 1.807) is 6.07 Å². The summed E-state index contributed by atoms with van der Waals surface area (Å²) in [6.45, 7) is 0.721. The normalized spacial score (nSPS) is 25.6. The number of ketones is 1. The number of nitrogens with two attached hydrogens (primary N) is 1. The van der Waals surface area contributed by atoms with Gasteiger partial charge in [-0.2, -0.15) is 0 Å². The van der Waals surface area contributed by atoms with Gasteiger partial charge in [0.2, 0.25) is 0 Å². The molecular formula is C16H21NO2. The van der Waals surface area contributed by atoms with E-state index in [0.717, 1.165) is 37.9 Å². The van der Waals surface area contributed by atoms with E-state index in [4.69, 9.17) is 10.5 Å². The molecule has 1 atom stereocenters. The highest BCUT2D eigenvalue weighted by Crippen LogP contribution is 2.42. The molecule has 1 unspecified atom stereocenters. The van der Waals surface area contributed by atoms with Gasteiger partial charge in [-0.3, -0.25) is 4.79 Å². The van der Waals surface area contributed by atoms with Gasteiger partial charge in [0.1, 0.15) is 0 Å². The quantitative estimate of drug-likeness (QED) is 0.655. The molecule has 1 aromatic carbocycles. The summed E-state index contributed by atoms with van der Waals surface area (Å²) >= 11 is 0. The molecule has 2 aliphatic rings. The minimum atomic E-state index is -0.00109. The maximum Gasteiger partial charge on any atom is 0.166 e. The van der Waals surface area contributed by atoms with Gasteiger partial charge >= 0.3 is 0 Å². The van der Waals surface area contributed by atoms with Crippen molar-refractivity contribution in [1.82, 2.24) is 0 Å². The van der Waals surface area contributed by atoms with Gasteiger partial charge < -0.3 is 10.5 Å². The lowest BCUT2D eigenvalue weighted by atomic mass is 9.80. The summed E-state index contributed by atoms with van der Waals surface area (Å²) in [5, 5.41) is 0. The number of carbonyl (C=O) groups is 1. The number of hydrogen-bond donors (Lipinski definition) is 1. The summed E-state index contributed by atoms with van der Waals surface area (Å²) in [6.07, 6.45) is 6.44. The lowest BCUT2D eigenvalue weighted by molar-refractivity contribution is -0.0866. The van der Waals surface area contributed by atoms with E-state index in [2.05, 4.69) is 0 Å². The molecule has 0 bridgehead atoms. The first-order valence-electron chi connectivity index (χ1n) is 7.22. The van der Waals surface area contributed by atoms with Crippen molar-refractivity contribution in [2.75, 3.05) is 12.3 Å². The van der Waals surface area contributed by atoms with E-state index in [0.29, 0.717) is 5.69 Å². The monoisotopic (exact) mass is 259 g/mol. The fourth-order valence-corrected chi connectivity index (χ4v) is 3.55. The minimum Gasteiger partial charge on any atom is -0.399 e. The fraction of sp³-hybridized carbons (Fsp3) is 0.562. The van der Waals surface area contributed by atoms with Crippen LogP contribution >= 0.6 is 0 Å². The number of ether oxygens (including phenoxy) is 1. The Morgan fingerprint density at radius 1 is 1.32 bits per heavy atom. The Bertz CT molecular complexity index is 477. The lowest BCUT2D eigenvalue weighted by Crippen LogP contribution is -2.39. The van der Waals surface area contributed by atoms with Gasteiger partial charge in [0, 0.05) is 23.8 Å².